The standard InChI is InChI=1S/C20H20N4O2/c1-15-9-10-16-5-2-3-8-19(16)24(15)20(25)14-26-18-7-4-6-17(13-18)23-12-11-21-22-23/h2-8,11-13,15H,9-10,14H2,1H3. The van der Waals surface area contributed by atoms with Gasteiger partial charge in [0, 0.05) is 17.8 Å². The molecule has 0 spiro atoms. The summed E-state index contributed by atoms with van der Waals surface area (Å²) in [5.74, 6) is 0.597. The van der Waals surface area contributed by atoms with Gasteiger partial charge in [-0.3, -0.25) is 4.79 Å². The van der Waals surface area contributed by atoms with Crippen LogP contribution in [-0.4, -0.2) is 33.5 Å². The summed E-state index contributed by atoms with van der Waals surface area (Å²) in [4.78, 5) is 14.7. The van der Waals surface area contributed by atoms with Gasteiger partial charge in [-0.15, -0.1) is 5.10 Å². The number of hydrogen-bond acceptors (Lipinski definition) is 4. The predicted molar refractivity (Wildman–Crippen MR) is 98.6 cm³/mol. The number of anilines is 1. The molecule has 1 aliphatic rings. The molecule has 26 heavy (non-hydrogen) atoms. The van der Waals surface area contributed by atoms with Crippen molar-refractivity contribution in [1.82, 2.24) is 15.0 Å². The zero-order valence-corrected chi connectivity index (χ0v) is 14.6. The molecular formula is C20H20N4O2. The molecule has 0 fully saturated rings. The number of amides is 1. The van der Waals surface area contributed by atoms with Crippen LogP contribution in [0.3, 0.4) is 0 Å². The normalized spacial score (nSPS) is 16.2. The number of aryl methyl sites for hydroxylation is 1. The molecule has 2 heterocycles. The third-order valence-corrected chi connectivity index (χ3v) is 4.66. The Morgan fingerprint density at radius 3 is 2.96 bits per heavy atom. The maximum atomic E-state index is 12.8. The molecule has 0 radical (unpaired) electrons. The summed E-state index contributed by atoms with van der Waals surface area (Å²) in [7, 11) is 0. The molecule has 0 saturated heterocycles. The number of carbonyl (C=O) groups is 1. The van der Waals surface area contributed by atoms with Crippen LogP contribution in [0.5, 0.6) is 5.75 Å². The third kappa shape index (κ3) is 3.18. The molecular weight excluding hydrogens is 328 g/mol. The Labute approximate surface area is 152 Å². The van der Waals surface area contributed by atoms with Gasteiger partial charge in [-0.05, 0) is 43.5 Å². The highest BCUT2D eigenvalue weighted by Gasteiger charge is 2.28. The van der Waals surface area contributed by atoms with Crippen LogP contribution < -0.4 is 9.64 Å². The molecule has 132 valence electrons. The number of ether oxygens (including phenoxy) is 1. The van der Waals surface area contributed by atoms with Crippen molar-refractivity contribution in [3.05, 3.63) is 66.5 Å². The summed E-state index contributed by atoms with van der Waals surface area (Å²) >= 11 is 0. The molecule has 1 unspecified atom stereocenters. The van der Waals surface area contributed by atoms with E-state index in [0.29, 0.717) is 5.75 Å². The fraction of sp³-hybridized carbons (Fsp3) is 0.250. The smallest absolute Gasteiger partial charge is 0.265 e. The number of aromatic nitrogens is 3. The van der Waals surface area contributed by atoms with Crippen LogP contribution in [0.4, 0.5) is 5.69 Å². The molecule has 6 heteroatoms. The highest BCUT2D eigenvalue weighted by atomic mass is 16.5. The van der Waals surface area contributed by atoms with Crippen molar-refractivity contribution in [2.24, 2.45) is 0 Å². The van der Waals surface area contributed by atoms with Crippen LogP contribution in [0.25, 0.3) is 5.69 Å². The van der Waals surface area contributed by atoms with Gasteiger partial charge in [-0.1, -0.05) is 29.5 Å². The van der Waals surface area contributed by atoms with Gasteiger partial charge < -0.3 is 9.64 Å². The number of rotatable bonds is 4. The van der Waals surface area contributed by atoms with E-state index < -0.39 is 0 Å². The van der Waals surface area contributed by atoms with Gasteiger partial charge in [0.2, 0.25) is 0 Å². The zero-order chi connectivity index (χ0) is 17.9. The van der Waals surface area contributed by atoms with Crippen molar-refractivity contribution in [3.63, 3.8) is 0 Å². The first-order chi connectivity index (χ1) is 12.7. The number of nitrogens with zero attached hydrogens (tertiary/aromatic N) is 4. The Morgan fingerprint density at radius 1 is 1.23 bits per heavy atom. The van der Waals surface area contributed by atoms with Crippen LogP contribution in [0, 0.1) is 0 Å². The van der Waals surface area contributed by atoms with Crippen molar-refractivity contribution >= 4 is 11.6 Å². The molecule has 1 aromatic heterocycles. The largest absolute Gasteiger partial charge is 0.484 e. The van der Waals surface area contributed by atoms with Crippen LogP contribution >= 0.6 is 0 Å². The van der Waals surface area contributed by atoms with Crippen molar-refractivity contribution in [2.45, 2.75) is 25.8 Å². The molecule has 4 rings (SSSR count). The topological polar surface area (TPSA) is 60.2 Å². The van der Waals surface area contributed by atoms with Crippen molar-refractivity contribution in [1.29, 1.82) is 0 Å². The first-order valence-electron chi connectivity index (χ1n) is 8.72. The average molecular weight is 348 g/mol. The minimum absolute atomic E-state index is 0.000511. The molecule has 0 N–H and O–H groups in total. The number of para-hydroxylation sites is 1. The minimum Gasteiger partial charge on any atom is -0.484 e. The summed E-state index contributed by atoms with van der Waals surface area (Å²) in [5, 5.41) is 7.77. The van der Waals surface area contributed by atoms with E-state index in [9.17, 15) is 4.79 Å². The van der Waals surface area contributed by atoms with Crippen molar-refractivity contribution < 1.29 is 9.53 Å². The van der Waals surface area contributed by atoms with Gasteiger partial charge in [0.15, 0.2) is 6.61 Å². The summed E-state index contributed by atoms with van der Waals surface area (Å²) in [6.07, 6.45) is 5.34. The van der Waals surface area contributed by atoms with Gasteiger partial charge in [0.05, 0.1) is 18.1 Å². The number of benzene rings is 2. The van der Waals surface area contributed by atoms with E-state index in [2.05, 4.69) is 23.3 Å². The Hall–Kier alpha value is -3.15. The van der Waals surface area contributed by atoms with Gasteiger partial charge >= 0.3 is 0 Å². The lowest BCUT2D eigenvalue weighted by Crippen LogP contribution is -2.44. The van der Waals surface area contributed by atoms with E-state index in [1.165, 1.54) is 5.56 Å². The van der Waals surface area contributed by atoms with E-state index in [-0.39, 0.29) is 18.6 Å². The predicted octanol–water partition coefficient (Wildman–Crippen LogP) is 3.01. The molecule has 0 aliphatic carbocycles. The highest BCUT2D eigenvalue weighted by Crippen LogP contribution is 2.30. The molecule has 1 aliphatic heterocycles. The number of carbonyl (C=O) groups excluding carboxylic acids is 1. The Bertz CT molecular complexity index is 908. The molecule has 2 aromatic carbocycles. The molecule has 0 bridgehead atoms. The zero-order valence-electron chi connectivity index (χ0n) is 14.6. The minimum atomic E-state index is -0.0317. The lowest BCUT2D eigenvalue weighted by Gasteiger charge is -2.35. The fourth-order valence-electron chi connectivity index (χ4n) is 3.34. The molecule has 1 atom stereocenters. The van der Waals surface area contributed by atoms with Gasteiger partial charge in [0.25, 0.3) is 5.91 Å². The molecule has 3 aromatic rings. The van der Waals surface area contributed by atoms with Crippen molar-refractivity contribution in [3.8, 4) is 11.4 Å². The first kappa shape index (κ1) is 16.3. The van der Waals surface area contributed by atoms with Crippen LogP contribution in [-0.2, 0) is 11.2 Å². The number of hydrogen-bond donors (Lipinski definition) is 0. The second kappa shape index (κ2) is 7.00. The third-order valence-electron chi connectivity index (χ3n) is 4.66. The maximum absolute atomic E-state index is 12.8. The van der Waals surface area contributed by atoms with Gasteiger partial charge in [-0.25, -0.2) is 4.68 Å². The van der Waals surface area contributed by atoms with E-state index >= 15 is 0 Å². The monoisotopic (exact) mass is 348 g/mol. The van der Waals surface area contributed by atoms with Crippen LogP contribution in [0.2, 0.25) is 0 Å². The fourth-order valence-corrected chi connectivity index (χ4v) is 3.34. The van der Waals surface area contributed by atoms with Gasteiger partial charge in [-0.2, -0.15) is 0 Å². The molecule has 1 amide bonds. The number of fused-ring (bicyclic) bond motifs is 1. The summed E-state index contributed by atoms with van der Waals surface area (Å²) in [6, 6.07) is 15.7. The van der Waals surface area contributed by atoms with Crippen molar-refractivity contribution in [2.75, 3.05) is 11.5 Å². The molecule has 6 nitrogen and oxygen atoms in total. The summed E-state index contributed by atoms with van der Waals surface area (Å²) in [5.41, 5.74) is 3.05. The average Bonchev–Trinajstić information content (AvgIpc) is 3.21. The van der Waals surface area contributed by atoms with E-state index in [1.807, 2.05) is 47.4 Å². The SMILES string of the molecule is CC1CCc2ccccc2N1C(=O)COc1cccc(-n2ccnn2)c1. The first-order valence-corrected chi connectivity index (χ1v) is 8.72. The maximum Gasteiger partial charge on any atom is 0.265 e. The van der Waals surface area contributed by atoms with E-state index in [4.69, 9.17) is 4.74 Å². The van der Waals surface area contributed by atoms with Gasteiger partial charge in [0.1, 0.15) is 5.75 Å². The Kier molecular flexibility index (Phi) is 4.39. The molecule has 0 saturated carbocycles. The summed E-state index contributed by atoms with van der Waals surface area (Å²) < 4.78 is 7.42. The second-order valence-electron chi connectivity index (χ2n) is 6.41. The quantitative estimate of drug-likeness (QED) is 0.727. The van der Waals surface area contributed by atoms with Crippen LogP contribution in [0.15, 0.2) is 60.9 Å². The lowest BCUT2D eigenvalue weighted by molar-refractivity contribution is -0.121. The lowest BCUT2D eigenvalue weighted by atomic mass is 9.96. The van der Waals surface area contributed by atoms with E-state index in [1.54, 1.807) is 17.1 Å². The Morgan fingerprint density at radius 2 is 2.12 bits per heavy atom. The second-order valence-corrected chi connectivity index (χ2v) is 6.41. The highest BCUT2D eigenvalue weighted by molar-refractivity contribution is 5.96. The summed E-state index contributed by atoms with van der Waals surface area (Å²) in [6.45, 7) is 2.08. The van der Waals surface area contributed by atoms with Crippen LogP contribution in [0.1, 0.15) is 18.9 Å². The van der Waals surface area contributed by atoms with E-state index in [0.717, 1.165) is 24.2 Å². The Balaban J connectivity index is 1.49.